The molecule has 1 N–H and O–H groups in total. The monoisotopic (exact) mass is 654 g/mol. The molecule has 0 atom stereocenters. The van der Waals surface area contributed by atoms with Gasteiger partial charge in [0.2, 0.25) is 5.95 Å². The molecule has 0 saturated heterocycles. The summed E-state index contributed by atoms with van der Waals surface area (Å²) in [5, 5.41) is 6.42. The third kappa shape index (κ3) is 6.64. The molecule has 0 saturated carbocycles. The first-order valence-electron chi connectivity index (χ1n) is 18.3. The number of hydrogen-bond donors (Lipinski definition) is 1. The summed E-state index contributed by atoms with van der Waals surface area (Å²) >= 11 is 0. The fourth-order valence-corrected chi connectivity index (χ4v) is 6.84. The highest BCUT2D eigenvalue weighted by Gasteiger charge is 2.25. The van der Waals surface area contributed by atoms with Gasteiger partial charge in [0.25, 0.3) is 0 Å². The molecule has 6 rings (SSSR count). The lowest BCUT2D eigenvalue weighted by atomic mass is 9.80. The molecule has 0 unspecified atom stereocenters. The molecule has 6 aromatic rings. The lowest BCUT2D eigenvalue weighted by Gasteiger charge is -2.26. The van der Waals surface area contributed by atoms with Crippen molar-refractivity contribution in [3.8, 4) is 5.95 Å². The van der Waals surface area contributed by atoms with Gasteiger partial charge in [-0.2, -0.15) is 0 Å². The van der Waals surface area contributed by atoms with E-state index in [1.54, 1.807) is 0 Å². The van der Waals surface area contributed by atoms with Gasteiger partial charge in [0.1, 0.15) is 5.52 Å². The van der Waals surface area contributed by atoms with Crippen LogP contribution in [0.5, 0.6) is 0 Å². The first-order chi connectivity index (χ1) is 22.8. The highest BCUT2D eigenvalue weighted by atomic mass is 15.2. The summed E-state index contributed by atoms with van der Waals surface area (Å²) in [6.07, 6.45) is 2.20. The minimum atomic E-state index is 0.0366. The van der Waals surface area contributed by atoms with Crippen LogP contribution in [0.15, 0.2) is 72.8 Å². The van der Waals surface area contributed by atoms with Crippen molar-refractivity contribution in [3.63, 3.8) is 0 Å². The number of aryl methyl sites for hydroxylation is 1. The number of unbranched alkanes of at least 4 members (excludes halogenated alkanes) is 1. The van der Waals surface area contributed by atoms with E-state index in [1.165, 1.54) is 44.1 Å². The van der Waals surface area contributed by atoms with Crippen LogP contribution in [0.2, 0.25) is 0 Å². The van der Waals surface area contributed by atoms with Crippen molar-refractivity contribution < 1.29 is 0 Å². The number of aromatic nitrogens is 3. The number of para-hydroxylation sites is 1. The van der Waals surface area contributed by atoms with Crippen LogP contribution in [-0.2, 0) is 28.2 Å². The van der Waals surface area contributed by atoms with Crippen LogP contribution in [0.3, 0.4) is 0 Å². The molecule has 0 aliphatic carbocycles. The van der Waals surface area contributed by atoms with E-state index in [2.05, 4.69) is 177 Å². The summed E-state index contributed by atoms with van der Waals surface area (Å²) in [5.41, 5.74) is 12.2. The Hall–Kier alpha value is -4.05. The third-order valence-electron chi connectivity index (χ3n) is 10.1. The Kier molecular flexibility index (Phi) is 8.57. The van der Waals surface area contributed by atoms with E-state index in [4.69, 9.17) is 4.98 Å². The molecule has 258 valence electrons. The summed E-state index contributed by atoms with van der Waals surface area (Å²) in [6, 6.07) is 27.7. The van der Waals surface area contributed by atoms with Crippen LogP contribution in [0.1, 0.15) is 125 Å². The number of nitrogens with one attached hydrogen (secondary N) is 1. The van der Waals surface area contributed by atoms with Crippen molar-refractivity contribution >= 4 is 44.2 Å². The fourth-order valence-electron chi connectivity index (χ4n) is 6.84. The molecule has 0 spiro atoms. The molecule has 4 nitrogen and oxygen atoms in total. The van der Waals surface area contributed by atoms with Gasteiger partial charge in [-0.15, -0.1) is 0 Å². The maximum absolute atomic E-state index is 5.55. The first-order valence-corrected chi connectivity index (χ1v) is 18.3. The lowest BCUT2D eigenvalue weighted by molar-refractivity contribution is 0.569. The minimum absolute atomic E-state index is 0.0366. The van der Waals surface area contributed by atoms with Crippen molar-refractivity contribution in [2.45, 2.75) is 131 Å². The second-order valence-electron chi connectivity index (χ2n) is 18.3. The zero-order valence-electron chi connectivity index (χ0n) is 32.4. The Morgan fingerprint density at radius 2 is 1.08 bits per heavy atom. The lowest BCUT2D eigenvalue weighted by Crippen LogP contribution is -2.16. The second-order valence-corrected chi connectivity index (χ2v) is 18.3. The predicted octanol–water partition coefficient (Wildman–Crippen LogP) is 12.9. The van der Waals surface area contributed by atoms with Gasteiger partial charge >= 0.3 is 0 Å². The van der Waals surface area contributed by atoms with E-state index in [-0.39, 0.29) is 21.7 Å². The zero-order chi connectivity index (χ0) is 35.7. The number of benzene rings is 4. The molecule has 0 aliphatic rings. The average molecular weight is 655 g/mol. The van der Waals surface area contributed by atoms with Gasteiger partial charge < -0.3 is 9.88 Å². The average Bonchev–Trinajstić information content (AvgIpc) is 3.53. The van der Waals surface area contributed by atoms with Crippen LogP contribution in [0, 0.1) is 0 Å². The van der Waals surface area contributed by atoms with Gasteiger partial charge in [0, 0.05) is 23.0 Å². The van der Waals surface area contributed by atoms with E-state index in [9.17, 15) is 0 Å². The second kappa shape index (κ2) is 12.1. The molecular formula is C45H58N4. The Labute approximate surface area is 294 Å². The Morgan fingerprint density at radius 3 is 1.55 bits per heavy atom. The molecule has 2 aromatic heterocycles. The number of rotatable bonds is 6. The molecule has 0 radical (unpaired) electrons. The zero-order valence-corrected chi connectivity index (χ0v) is 32.4. The van der Waals surface area contributed by atoms with Gasteiger partial charge in [-0.1, -0.05) is 121 Å². The Bertz CT molecular complexity index is 2060. The van der Waals surface area contributed by atoms with Crippen molar-refractivity contribution in [1.29, 1.82) is 0 Å². The maximum Gasteiger partial charge on any atom is 0.215 e. The largest absolute Gasteiger partial charge is 0.354 e. The summed E-state index contributed by atoms with van der Waals surface area (Å²) in [6.45, 7) is 30.7. The molecule has 49 heavy (non-hydrogen) atoms. The molecule has 0 fully saturated rings. The minimum Gasteiger partial charge on any atom is -0.354 e. The van der Waals surface area contributed by atoms with Crippen LogP contribution in [0.4, 0.5) is 11.4 Å². The maximum atomic E-state index is 5.55. The number of hydrogen-bond acceptors (Lipinski definition) is 2. The molecule has 0 amide bonds. The standard InChI is InChI=1S/C45H58N4/c1-14-15-23-48-39-18-16-17-36(46-33-25-31(44(8,9)10)24-32(26-33)45(11,12)13)40(39)47-41(48)49-37-21-19-29(42(2,3)4)27-34(37)35-28-30(43(5,6)7)20-22-38(35)49/h16-22,24-28,46H,14-15,23H2,1-13H3. The topological polar surface area (TPSA) is 34.8 Å². The summed E-state index contributed by atoms with van der Waals surface area (Å²) in [7, 11) is 0. The summed E-state index contributed by atoms with van der Waals surface area (Å²) in [5.74, 6) is 0.976. The van der Waals surface area contributed by atoms with Gasteiger partial charge in [-0.3, -0.25) is 4.57 Å². The number of anilines is 2. The van der Waals surface area contributed by atoms with Crippen molar-refractivity contribution in [2.24, 2.45) is 0 Å². The quantitative estimate of drug-likeness (QED) is 0.194. The van der Waals surface area contributed by atoms with Crippen molar-refractivity contribution in [2.75, 3.05) is 5.32 Å². The van der Waals surface area contributed by atoms with E-state index < -0.39 is 0 Å². The van der Waals surface area contributed by atoms with Gasteiger partial charge in [0.15, 0.2) is 0 Å². The van der Waals surface area contributed by atoms with Crippen LogP contribution >= 0.6 is 0 Å². The molecular weight excluding hydrogens is 597 g/mol. The Morgan fingerprint density at radius 1 is 0.571 bits per heavy atom. The summed E-state index contributed by atoms with van der Waals surface area (Å²) < 4.78 is 4.87. The summed E-state index contributed by atoms with van der Waals surface area (Å²) in [4.78, 5) is 5.55. The van der Waals surface area contributed by atoms with E-state index >= 15 is 0 Å². The number of imidazole rings is 1. The van der Waals surface area contributed by atoms with Crippen LogP contribution in [0.25, 0.3) is 38.8 Å². The molecule has 0 bridgehead atoms. The molecule has 4 heteroatoms. The first kappa shape index (κ1) is 34.8. The smallest absolute Gasteiger partial charge is 0.215 e. The molecule has 4 aromatic carbocycles. The van der Waals surface area contributed by atoms with Gasteiger partial charge in [-0.05, 0) is 98.9 Å². The fraction of sp³-hybridized carbons (Fsp3) is 0.444. The van der Waals surface area contributed by atoms with Crippen molar-refractivity contribution in [3.05, 3.63) is 95.1 Å². The van der Waals surface area contributed by atoms with Crippen LogP contribution in [-0.4, -0.2) is 14.1 Å². The normalized spacial score (nSPS) is 13.2. The highest BCUT2D eigenvalue weighted by molar-refractivity contribution is 6.10. The number of fused-ring (bicyclic) bond motifs is 4. The number of nitrogens with zero attached hydrogens (tertiary/aromatic N) is 3. The van der Waals surface area contributed by atoms with E-state index in [0.717, 1.165) is 47.7 Å². The Balaban J connectivity index is 1.62. The highest BCUT2D eigenvalue weighted by Crippen LogP contribution is 2.40. The molecule has 0 aliphatic heterocycles. The molecule has 2 heterocycles. The van der Waals surface area contributed by atoms with Gasteiger partial charge in [0.05, 0.1) is 22.2 Å². The third-order valence-corrected chi connectivity index (χ3v) is 10.1. The van der Waals surface area contributed by atoms with Crippen LogP contribution < -0.4 is 5.32 Å². The van der Waals surface area contributed by atoms with Gasteiger partial charge in [-0.25, -0.2) is 4.98 Å². The van der Waals surface area contributed by atoms with Crippen molar-refractivity contribution in [1.82, 2.24) is 14.1 Å². The van der Waals surface area contributed by atoms with E-state index in [1.807, 2.05) is 0 Å². The predicted molar refractivity (Wildman–Crippen MR) is 214 cm³/mol. The SMILES string of the molecule is CCCCn1c(-n2c3ccc(C(C)(C)C)cc3c3cc(C(C)(C)C)ccc32)nc2c(Nc3cc(C(C)(C)C)cc(C(C)(C)C)c3)cccc21. The van der Waals surface area contributed by atoms with E-state index in [0.29, 0.717) is 0 Å².